The molecule has 2 aromatic rings. The number of aromatic nitrogens is 3. The van der Waals surface area contributed by atoms with Crippen molar-refractivity contribution in [3.05, 3.63) is 29.2 Å². The van der Waals surface area contributed by atoms with Gasteiger partial charge in [0.05, 0.1) is 11.3 Å². The molecule has 2 aromatic heterocycles. The molecule has 1 aliphatic carbocycles. The molecule has 5 heteroatoms. The van der Waals surface area contributed by atoms with E-state index in [1.807, 2.05) is 13.2 Å². The summed E-state index contributed by atoms with van der Waals surface area (Å²) >= 11 is 0. The van der Waals surface area contributed by atoms with Gasteiger partial charge < -0.3 is 10.1 Å². The molecule has 17 heavy (non-hydrogen) atoms. The summed E-state index contributed by atoms with van der Waals surface area (Å²) in [6, 6.07) is 0. The summed E-state index contributed by atoms with van der Waals surface area (Å²) < 4.78 is 1.75. The molecule has 0 aliphatic heterocycles. The van der Waals surface area contributed by atoms with E-state index in [0.717, 1.165) is 41.8 Å². The van der Waals surface area contributed by atoms with Crippen LogP contribution in [0.2, 0.25) is 0 Å². The van der Waals surface area contributed by atoms with Gasteiger partial charge in [0.15, 0.2) is 0 Å². The van der Waals surface area contributed by atoms with Gasteiger partial charge in [0.1, 0.15) is 0 Å². The summed E-state index contributed by atoms with van der Waals surface area (Å²) in [5, 5.41) is 13.6. The highest BCUT2D eigenvalue weighted by Crippen LogP contribution is 2.33. The number of hydrogen-bond donors (Lipinski definition) is 2. The van der Waals surface area contributed by atoms with Gasteiger partial charge in [-0.25, -0.2) is 4.79 Å². The summed E-state index contributed by atoms with van der Waals surface area (Å²) in [4.78, 5) is 14.3. The Morgan fingerprint density at radius 1 is 1.53 bits per heavy atom. The van der Waals surface area contributed by atoms with Gasteiger partial charge in [-0.15, -0.1) is 0 Å². The van der Waals surface area contributed by atoms with Crippen molar-refractivity contribution in [1.82, 2.24) is 14.8 Å². The Kier molecular flexibility index (Phi) is 2.07. The Morgan fingerprint density at radius 2 is 2.35 bits per heavy atom. The van der Waals surface area contributed by atoms with E-state index in [-0.39, 0.29) is 0 Å². The van der Waals surface area contributed by atoms with Gasteiger partial charge in [-0.3, -0.25) is 4.68 Å². The Morgan fingerprint density at radius 3 is 3.12 bits per heavy atom. The van der Waals surface area contributed by atoms with Gasteiger partial charge in [0, 0.05) is 30.7 Å². The third kappa shape index (κ3) is 1.46. The number of aryl methyl sites for hydroxylation is 3. The Hall–Kier alpha value is -2.04. The fourth-order valence-corrected chi connectivity index (χ4v) is 2.49. The monoisotopic (exact) mass is 231 g/mol. The first kappa shape index (κ1) is 10.1. The van der Waals surface area contributed by atoms with Crippen molar-refractivity contribution < 1.29 is 9.90 Å². The van der Waals surface area contributed by atoms with Crippen LogP contribution in [-0.2, 0) is 19.9 Å². The van der Waals surface area contributed by atoms with E-state index in [1.165, 1.54) is 0 Å². The summed E-state index contributed by atoms with van der Waals surface area (Å²) in [7, 11) is 1.86. The van der Waals surface area contributed by atoms with Crippen LogP contribution in [0.3, 0.4) is 0 Å². The van der Waals surface area contributed by atoms with Gasteiger partial charge in [-0.2, -0.15) is 5.10 Å². The molecular formula is C12H13N3O2. The van der Waals surface area contributed by atoms with E-state index >= 15 is 0 Å². The summed E-state index contributed by atoms with van der Waals surface area (Å²) in [5.74, 6) is -0.902. The molecule has 0 unspecified atom stereocenters. The van der Waals surface area contributed by atoms with Crippen LogP contribution in [0.15, 0.2) is 12.4 Å². The van der Waals surface area contributed by atoms with E-state index in [2.05, 4.69) is 10.1 Å². The molecular weight excluding hydrogens is 218 g/mol. The number of hydrogen-bond acceptors (Lipinski definition) is 2. The van der Waals surface area contributed by atoms with Gasteiger partial charge in [0.2, 0.25) is 0 Å². The molecule has 2 heterocycles. The fourth-order valence-electron chi connectivity index (χ4n) is 2.49. The first-order valence-electron chi connectivity index (χ1n) is 5.63. The maximum atomic E-state index is 11.2. The highest BCUT2D eigenvalue weighted by atomic mass is 16.4. The van der Waals surface area contributed by atoms with Crippen LogP contribution in [0.5, 0.6) is 0 Å². The second kappa shape index (κ2) is 3.48. The zero-order valence-electron chi connectivity index (χ0n) is 9.53. The third-order valence-electron chi connectivity index (χ3n) is 3.21. The topological polar surface area (TPSA) is 70.9 Å². The number of rotatable bonds is 1. The first-order valence-corrected chi connectivity index (χ1v) is 5.63. The number of carboxylic acid groups (broad SMARTS) is 1. The van der Waals surface area contributed by atoms with Crippen molar-refractivity contribution in [2.45, 2.75) is 19.3 Å². The molecule has 0 saturated heterocycles. The number of aromatic amines is 1. The van der Waals surface area contributed by atoms with Crippen LogP contribution < -0.4 is 0 Å². The fraction of sp³-hybridized carbons (Fsp3) is 0.333. The third-order valence-corrected chi connectivity index (χ3v) is 3.21. The quantitative estimate of drug-likeness (QED) is 0.783. The number of aromatic carboxylic acids is 1. The molecule has 0 amide bonds. The predicted octanol–water partition coefficient (Wildman–Crippen LogP) is 1.60. The lowest BCUT2D eigenvalue weighted by Gasteiger charge is -2.00. The second-order valence-corrected chi connectivity index (χ2v) is 4.39. The van der Waals surface area contributed by atoms with Crippen molar-refractivity contribution in [2.75, 3.05) is 0 Å². The van der Waals surface area contributed by atoms with Crippen molar-refractivity contribution >= 4 is 5.97 Å². The largest absolute Gasteiger partial charge is 0.478 e. The Balaban J connectivity index is 2.29. The molecule has 0 radical (unpaired) electrons. The smallest absolute Gasteiger partial charge is 0.337 e. The highest BCUT2D eigenvalue weighted by molar-refractivity contribution is 5.96. The zero-order valence-corrected chi connectivity index (χ0v) is 9.53. The lowest BCUT2D eigenvalue weighted by atomic mass is 10.1. The Labute approximate surface area is 98.1 Å². The average Bonchev–Trinajstić information content (AvgIpc) is 2.79. The van der Waals surface area contributed by atoms with E-state index in [0.29, 0.717) is 5.56 Å². The normalized spacial score (nSPS) is 13.9. The lowest BCUT2D eigenvalue weighted by molar-refractivity contribution is 0.0698. The number of nitrogens with one attached hydrogen (secondary N) is 1. The lowest BCUT2D eigenvalue weighted by Crippen LogP contribution is -1.98. The van der Waals surface area contributed by atoms with Crippen LogP contribution in [0.4, 0.5) is 0 Å². The number of nitrogens with zero attached hydrogens (tertiary/aromatic N) is 2. The minimum absolute atomic E-state index is 0.321. The van der Waals surface area contributed by atoms with E-state index in [9.17, 15) is 9.90 Å². The molecule has 0 fully saturated rings. The number of carboxylic acids is 1. The van der Waals surface area contributed by atoms with Gasteiger partial charge in [0.25, 0.3) is 0 Å². The number of fused-ring (bicyclic) bond motifs is 3. The molecule has 0 bridgehead atoms. The minimum Gasteiger partial charge on any atom is -0.478 e. The molecule has 0 aromatic carbocycles. The van der Waals surface area contributed by atoms with Crippen molar-refractivity contribution in [1.29, 1.82) is 0 Å². The van der Waals surface area contributed by atoms with Gasteiger partial charge in [-0.05, 0) is 24.8 Å². The first-order chi connectivity index (χ1) is 8.16. The van der Waals surface area contributed by atoms with Crippen molar-refractivity contribution in [3.63, 3.8) is 0 Å². The van der Waals surface area contributed by atoms with Gasteiger partial charge >= 0.3 is 5.97 Å². The maximum absolute atomic E-state index is 11.2. The van der Waals surface area contributed by atoms with Crippen LogP contribution >= 0.6 is 0 Å². The van der Waals surface area contributed by atoms with Crippen LogP contribution in [0.25, 0.3) is 11.3 Å². The maximum Gasteiger partial charge on any atom is 0.337 e. The van der Waals surface area contributed by atoms with Crippen LogP contribution in [0, 0.1) is 0 Å². The van der Waals surface area contributed by atoms with Crippen molar-refractivity contribution in [3.8, 4) is 11.3 Å². The molecule has 5 nitrogen and oxygen atoms in total. The molecule has 88 valence electrons. The van der Waals surface area contributed by atoms with Gasteiger partial charge in [-0.1, -0.05) is 0 Å². The molecule has 0 atom stereocenters. The summed E-state index contributed by atoms with van der Waals surface area (Å²) in [5.41, 5.74) is 4.03. The molecule has 3 rings (SSSR count). The van der Waals surface area contributed by atoms with Crippen LogP contribution in [-0.4, -0.2) is 25.8 Å². The summed E-state index contributed by atoms with van der Waals surface area (Å²) in [6.07, 6.45) is 6.39. The number of carbonyl (C=O) groups is 1. The minimum atomic E-state index is -0.902. The van der Waals surface area contributed by atoms with Crippen LogP contribution in [0.1, 0.15) is 28.0 Å². The Bertz CT molecular complexity index is 595. The van der Waals surface area contributed by atoms with E-state index in [4.69, 9.17) is 0 Å². The highest BCUT2D eigenvalue weighted by Gasteiger charge is 2.24. The molecule has 1 aliphatic rings. The SMILES string of the molecule is Cn1cc2c(n1)-c1c(C(=O)O)c[nH]c1CCC2. The predicted molar refractivity (Wildman–Crippen MR) is 62.0 cm³/mol. The van der Waals surface area contributed by atoms with E-state index < -0.39 is 5.97 Å². The average molecular weight is 231 g/mol. The zero-order chi connectivity index (χ0) is 12.0. The number of H-pyrrole nitrogens is 1. The van der Waals surface area contributed by atoms with Crippen molar-refractivity contribution in [2.24, 2.45) is 7.05 Å². The standard InChI is InChI=1S/C12H13N3O2/c1-15-6-7-3-2-4-9-10(11(7)14-15)8(5-13-9)12(16)17/h5-6,13H,2-4H2,1H3,(H,16,17). The second-order valence-electron chi connectivity index (χ2n) is 4.39. The molecule has 0 spiro atoms. The molecule has 2 N–H and O–H groups in total. The summed E-state index contributed by atoms with van der Waals surface area (Å²) in [6.45, 7) is 0. The molecule has 0 saturated carbocycles. The van der Waals surface area contributed by atoms with E-state index in [1.54, 1.807) is 10.9 Å².